The number of carbonyl (C=O) groups is 1. The van der Waals surface area contributed by atoms with Gasteiger partial charge in [-0.15, -0.1) is 0 Å². The van der Waals surface area contributed by atoms with Crippen molar-refractivity contribution in [2.45, 2.75) is 13.8 Å². The Bertz CT molecular complexity index is 738. The average Bonchev–Trinajstić information content (AvgIpc) is 2.55. The van der Waals surface area contributed by atoms with Crippen molar-refractivity contribution in [3.63, 3.8) is 0 Å². The molecule has 0 unspecified atom stereocenters. The van der Waals surface area contributed by atoms with Gasteiger partial charge >= 0.3 is 0 Å². The van der Waals surface area contributed by atoms with Gasteiger partial charge in [0, 0.05) is 38.1 Å². The standard InChI is InChI=1S/C18H23N5O/c1-13-5-4-6-15(11-13)21-17(24)16-12-19-18(20-14(16)2)23-9-7-22(3)8-10-23/h4-6,11-12H,7-10H2,1-3H3,(H,21,24). The van der Waals surface area contributed by atoms with Crippen LogP contribution in [0.15, 0.2) is 30.5 Å². The number of nitrogens with zero attached hydrogens (tertiary/aromatic N) is 4. The number of amides is 1. The summed E-state index contributed by atoms with van der Waals surface area (Å²) in [7, 11) is 2.11. The second kappa shape index (κ2) is 6.97. The second-order valence-electron chi connectivity index (χ2n) is 6.28. The van der Waals surface area contributed by atoms with Crippen LogP contribution in [0, 0.1) is 13.8 Å². The largest absolute Gasteiger partial charge is 0.338 e. The molecule has 0 spiro atoms. The molecule has 1 aliphatic heterocycles. The Balaban J connectivity index is 1.73. The third-order valence-electron chi connectivity index (χ3n) is 4.27. The maximum atomic E-state index is 12.5. The molecule has 0 saturated carbocycles. The third-order valence-corrected chi connectivity index (χ3v) is 4.27. The van der Waals surface area contributed by atoms with Gasteiger partial charge in [0.25, 0.3) is 5.91 Å². The van der Waals surface area contributed by atoms with Gasteiger partial charge in [0.2, 0.25) is 5.95 Å². The maximum Gasteiger partial charge on any atom is 0.259 e. The molecule has 1 aromatic heterocycles. The average molecular weight is 325 g/mol. The first-order valence-corrected chi connectivity index (χ1v) is 8.18. The smallest absolute Gasteiger partial charge is 0.259 e. The van der Waals surface area contributed by atoms with Crippen LogP contribution in [0.2, 0.25) is 0 Å². The van der Waals surface area contributed by atoms with Gasteiger partial charge in [-0.1, -0.05) is 12.1 Å². The maximum absolute atomic E-state index is 12.5. The number of carbonyl (C=O) groups excluding carboxylic acids is 1. The van der Waals surface area contributed by atoms with Gasteiger partial charge in [-0.2, -0.15) is 0 Å². The minimum Gasteiger partial charge on any atom is -0.338 e. The fourth-order valence-electron chi connectivity index (χ4n) is 2.76. The van der Waals surface area contributed by atoms with Crippen LogP contribution in [-0.4, -0.2) is 54.0 Å². The van der Waals surface area contributed by atoms with Crippen LogP contribution < -0.4 is 10.2 Å². The lowest BCUT2D eigenvalue weighted by molar-refractivity contribution is 0.102. The van der Waals surface area contributed by atoms with Crippen molar-refractivity contribution in [2.75, 3.05) is 43.4 Å². The topological polar surface area (TPSA) is 61.4 Å². The van der Waals surface area contributed by atoms with E-state index in [1.807, 2.05) is 38.1 Å². The molecule has 0 atom stereocenters. The molecular formula is C18H23N5O. The molecule has 3 rings (SSSR count). The van der Waals surface area contributed by atoms with Crippen molar-refractivity contribution in [3.05, 3.63) is 47.3 Å². The fourth-order valence-corrected chi connectivity index (χ4v) is 2.76. The summed E-state index contributed by atoms with van der Waals surface area (Å²) >= 11 is 0. The Hall–Kier alpha value is -2.47. The van der Waals surface area contributed by atoms with Gasteiger partial charge in [0.1, 0.15) is 0 Å². The Morgan fingerprint density at radius 1 is 1.17 bits per heavy atom. The van der Waals surface area contributed by atoms with Crippen molar-refractivity contribution >= 4 is 17.5 Å². The van der Waals surface area contributed by atoms with Crippen molar-refractivity contribution in [1.29, 1.82) is 0 Å². The molecule has 0 radical (unpaired) electrons. The molecule has 1 saturated heterocycles. The lowest BCUT2D eigenvalue weighted by atomic mass is 10.2. The summed E-state index contributed by atoms with van der Waals surface area (Å²) in [5, 5.41) is 2.91. The molecule has 1 aromatic carbocycles. The van der Waals surface area contributed by atoms with Crippen LogP contribution in [0.25, 0.3) is 0 Å². The molecule has 6 nitrogen and oxygen atoms in total. The van der Waals surface area contributed by atoms with Gasteiger partial charge in [-0.25, -0.2) is 9.97 Å². The van der Waals surface area contributed by atoms with E-state index in [1.54, 1.807) is 6.20 Å². The SMILES string of the molecule is Cc1cccc(NC(=O)c2cnc(N3CCN(C)CC3)nc2C)c1. The summed E-state index contributed by atoms with van der Waals surface area (Å²) < 4.78 is 0. The van der Waals surface area contributed by atoms with E-state index < -0.39 is 0 Å². The van der Waals surface area contributed by atoms with Crippen LogP contribution in [0.4, 0.5) is 11.6 Å². The summed E-state index contributed by atoms with van der Waals surface area (Å²) in [6.07, 6.45) is 1.63. The lowest BCUT2D eigenvalue weighted by Gasteiger charge is -2.32. The highest BCUT2D eigenvalue weighted by Gasteiger charge is 2.18. The third kappa shape index (κ3) is 3.71. The quantitative estimate of drug-likeness (QED) is 0.936. The van der Waals surface area contributed by atoms with E-state index in [0.717, 1.165) is 37.4 Å². The number of aryl methyl sites for hydroxylation is 2. The molecule has 2 aromatic rings. The van der Waals surface area contributed by atoms with Crippen LogP contribution in [0.5, 0.6) is 0 Å². The first-order valence-electron chi connectivity index (χ1n) is 8.18. The monoisotopic (exact) mass is 325 g/mol. The zero-order valence-corrected chi connectivity index (χ0v) is 14.4. The molecule has 0 aliphatic carbocycles. The highest BCUT2D eigenvalue weighted by Crippen LogP contribution is 2.16. The number of hydrogen-bond acceptors (Lipinski definition) is 5. The number of aromatic nitrogens is 2. The zero-order valence-electron chi connectivity index (χ0n) is 14.4. The Labute approximate surface area is 142 Å². The second-order valence-corrected chi connectivity index (χ2v) is 6.28. The van der Waals surface area contributed by atoms with Crippen molar-refractivity contribution in [3.8, 4) is 0 Å². The van der Waals surface area contributed by atoms with Crippen molar-refractivity contribution in [1.82, 2.24) is 14.9 Å². The van der Waals surface area contributed by atoms with Gasteiger partial charge in [0.05, 0.1) is 11.3 Å². The number of hydrogen-bond donors (Lipinski definition) is 1. The Kier molecular flexibility index (Phi) is 4.76. The zero-order chi connectivity index (χ0) is 17.1. The molecule has 1 fully saturated rings. The van der Waals surface area contributed by atoms with Crippen LogP contribution in [-0.2, 0) is 0 Å². The highest BCUT2D eigenvalue weighted by atomic mass is 16.1. The van der Waals surface area contributed by atoms with Crippen molar-refractivity contribution < 1.29 is 4.79 Å². The van der Waals surface area contributed by atoms with E-state index in [4.69, 9.17) is 0 Å². The highest BCUT2D eigenvalue weighted by molar-refractivity contribution is 6.04. The number of piperazine rings is 1. The molecule has 1 aliphatic rings. The molecular weight excluding hydrogens is 302 g/mol. The number of benzene rings is 1. The van der Waals surface area contributed by atoms with Gasteiger partial charge < -0.3 is 15.1 Å². The summed E-state index contributed by atoms with van der Waals surface area (Å²) in [6, 6.07) is 7.73. The molecule has 6 heteroatoms. The Morgan fingerprint density at radius 2 is 1.92 bits per heavy atom. The predicted molar refractivity (Wildman–Crippen MR) is 95.6 cm³/mol. The summed E-state index contributed by atoms with van der Waals surface area (Å²) in [5.41, 5.74) is 3.09. The summed E-state index contributed by atoms with van der Waals surface area (Å²) in [5.74, 6) is 0.524. The molecule has 24 heavy (non-hydrogen) atoms. The van der Waals surface area contributed by atoms with E-state index in [9.17, 15) is 4.79 Å². The van der Waals surface area contributed by atoms with Crippen LogP contribution in [0.3, 0.4) is 0 Å². The first-order chi connectivity index (χ1) is 11.5. The normalized spacial score (nSPS) is 15.4. The van der Waals surface area contributed by atoms with E-state index in [1.165, 1.54) is 0 Å². The number of anilines is 2. The predicted octanol–water partition coefficient (Wildman–Crippen LogP) is 2.10. The fraction of sp³-hybridized carbons (Fsp3) is 0.389. The number of nitrogens with one attached hydrogen (secondary N) is 1. The number of rotatable bonds is 3. The van der Waals surface area contributed by atoms with E-state index in [-0.39, 0.29) is 5.91 Å². The molecule has 1 amide bonds. The molecule has 126 valence electrons. The summed E-state index contributed by atoms with van der Waals surface area (Å²) in [6.45, 7) is 7.66. The van der Waals surface area contributed by atoms with E-state index >= 15 is 0 Å². The lowest BCUT2D eigenvalue weighted by Crippen LogP contribution is -2.45. The number of likely N-dealkylation sites (N-methyl/N-ethyl adjacent to an activating group) is 1. The minimum absolute atomic E-state index is 0.178. The van der Waals surface area contributed by atoms with E-state index in [0.29, 0.717) is 17.2 Å². The van der Waals surface area contributed by atoms with Gasteiger partial charge in [-0.3, -0.25) is 4.79 Å². The molecule has 0 bridgehead atoms. The van der Waals surface area contributed by atoms with E-state index in [2.05, 4.69) is 32.1 Å². The van der Waals surface area contributed by atoms with Gasteiger partial charge in [-0.05, 0) is 38.6 Å². The van der Waals surface area contributed by atoms with Gasteiger partial charge in [0.15, 0.2) is 0 Å². The minimum atomic E-state index is -0.178. The van der Waals surface area contributed by atoms with Crippen LogP contribution in [0.1, 0.15) is 21.6 Å². The molecule has 2 heterocycles. The Morgan fingerprint density at radius 3 is 2.58 bits per heavy atom. The summed E-state index contributed by atoms with van der Waals surface area (Å²) in [4.78, 5) is 25.9. The molecule has 1 N–H and O–H groups in total. The first kappa shape index (κ1) is 16.4. The van der Waals surface area contributed by atoms with Crippen LogP contribution >= 0.6 is 0 Å². The van der Waals surface area contributed by atoms with Crippen molar-refractivity contribution in [2.24, 2.45) is 0 Å².